The highest BCUT2D eigenvalue weighted by Gasteiger charge is 2.05. The van der Waals surface area contributed by atoms with Crippen LogP contribution < -0.4 is 10.5 Å². The summed E-state index contributed by atoms with van der Waals surface area (Å²) in [5.41, 5.74) is 9.84. The summed E-state index contributed by atoms with van der Waals surface area (Å²) in [5.74, 6) is 1.35. The average Bonchev–Trinajstić information content (AvgIpc) is 2.26. The number of nitrogen functional groups attached to an aromatic ring is 1. The van der Waals surface area contributed by atoms with E-state index in [1.54, 1.807) is 6.20 Å². The molecule has 0 saturated heterocycles. The maximum absolute atomic E-state index is 5.87. The van der Waals surface area contributed by atoms with Crippen molar-refractivity contribution in [3.05, 3.63) is 47.2 Å². The van der Waals surface area contributed by atoms with Gasteiger partial charge < -0.3 is 10.5 Å². The van der Waals surface area contributed by atoms with Crippen molar-refractivity contribution in [1.29, 1.82) is 0 Å². The number of anilines is 1. The molecule has 0 fully saturated rings. The summed E-state index contributed by atoms with van der Waals surface area (Å²) in [6.07, 6.45) is 1.73. The maximum atomic E-state index is 5.87. The molecule has 17 heavy (non-hydrogen) atoms. The molecule has 0 bridgehead atoms. The second-order valence-electron chi connectivity index (χ2n) is 4.25. The van der Waals surface area contributed by atoms with Crippen LogP contribution in [-0.4, -0.2) is 4.98 Å². The van der Waals surface area contributed by atoms with Gasteiger partial charge in [0.15, 0.2) is 0 Å². The summed E-state index contributed by atoms with van der Waals surface area (Å²) in [6, 6.07) is 7.69. The Morgan fingerprint density at radius 2 is 1.82 bits per heavy atom. The Morgan fingerprint density at radius 1 is 1.06 bits per heavy atom. The van der Waals surface area contributed by atoms with Crippen LogP contribution in [0.5, 0.6) is 11.6 Å². The fourth-order valence-corrected chi connectivity index (χ4v) is 1.63. The first kappa shape index (κ1) is 11.5. The van der Waals surface area contributed by atoms with E-state index in [0.717, 1.165) is 28.1 Å². The van der Waals surface area contributed by atoms with Crippen LogP contribution in [0.1, 0.15) is 16.7 Å². The molecule has 2 aromatic rings. The summed E-state index contributed by atoms with van der Waals surface area (Å²) in [5, 5.41) is 0. The summed E-state index contributed by atoms with van der Waals surface area (Å²) in [7, 11) is 0. The summed E-state index contributed by atoms with van der Waals surface area (Å²) < 4.78 is 5.73. The first-order chi connectivity index (χ1) is 8.06. The number of pyridine rings is 1. The molecule has 0 atom stereocenters. The Bertz CT molecular complexity index is 550. The minimum Gasteiger partial charge on any atom is -0.439 e. The Labute approximate surface area is 101 Å². The number of benzene rings is 1. The Morgan fingerprint density at radius 3 is 2.53 bits per heavy atom. The third-order valence-electron chi connectivity index (χ3n) is 2.67. The number of nitrogens with zero attached hydrogens (tertiary/aromatic N) is 1. The monoisotopic (exact) mass is 228 g/mol. The molecule has 88 valence electrons. The zero-order chi connectivity index (χ0) is 12.4. The quantitative estimate of drug-likeness (QED) is 0.801. The SMILES string of the molecule is Cc1ccnc(Oc2cc(N)c(C)cc2C)c1. The number of aryl methyl sites for hydroxylation is 3. The topological polar surface area (TPSA) is 48.1 Å². The lowest BCUT2D eigenvalue weighted by Crippen LogP contribution is -1.95. The molecule has 0 aliphatic carbocycles. The molecule has 0 amide bonds. The van der Waals surface area contributed by atoms with E-state index in [9.17, 15) is 0 Å². The molecule has 1 aromatic carbocycles. The molecule has 1 aromatic heterocycles. The van der Waals surface area contributed by atoms with Crippen molar-refractivity contribution in [3.8, 4) is 11.6 Å². The first-order valence-electron chi connectivity index (χ1n) is 5.53. The Kier molecular flexibility index (Phi) is 3.00. The van der Waals surface area contributed by atoms with E-state index >= 15 is 0 Å². The van der Waals surface area contributed by atoms with Crippen LogP contribution >= 0.6 is 0 Å². The Balaban J connectivity index is 2.33. The molecular weight excluding hydrogens is 212 g/mol. The minimum atomic E-state index is 0.594. The fraction of sp³-hybridized carbons (Fsp3) is 0.214. The van der Waals surface area contributed by atoms with Gasteiger partial charge in [-0.1, -0.05) is 6.07 Å². The van der Waals surface area contributed by atoms with E-state index in [0.29, 0.717) is 5.88 Å². The lowest BCUT2D eigenvalue weighted by molar-refractivity contribution is 0.459. The zero-order valence-electron chi connectivity index (χ0n) is 10.3. The van der Waals surface area contributed by atoms with Crippen LogP contribution in [0.15, 0.2) is 30.5 Å². The van der Waals surface area contributed by atoms with Crippen molar-refractivity contribution in [2.45, 2.75) is 20.8 Å². The zero-order valence-corrected chi connectivity index (χ0v) is 10.3. The van der Waals surface area contributed by atoms with Gasteiger partial charge in [-0.25, -0.2) is 4.98 Å². The molecule has 0 saturated carbocycles. The van der Waals surface area contributed by atoms with E-state index in [-0.39, 0.29) is 0 Å². The van der Waals surface area contributed by atoms with Crippen molar-refractivity contribution in [2.75, 3.05) is 5.73 Å². The van der Waals surface area contributed by atoms with Gasteiger partial charge in [-0.15, -0.1) is 0 Å². The molecule has 2 N–H and O–H groups in total. The molecule has 1 heterocycles. The number of nitrogens with two attached hydrogens (primary N) is 1. The van der Waals surface area contributed by atoms with Gasteiger partial charge in [0.25, 0.3) is 0 Å². The minimum absolute atomic E-state index is 0.594. The van der Waals surface area contributed by atoms with E-state index in [1.165, 1.54) is 0 Å². The van der Waals surface area contributed by atoms with Crippen LogP contribution in [0.2, 0.25) is 0 Å². The summed E-state index contributed by atoms with van der Waals surface area (Å²) >= 11 is 0. The molecule has 0 unspecified atom stereocenters. The van der Waals surface area contributed by atoms with Crippen molar-refractivity contribution >= 4 is 5.69 Å². The molecule has 0 spiro atoms. The highest BCUT2D eigenvalue weighted by molar-refractivity contribution is 5.54. The first-order valence-corrected chi connectivity index (χ1v) is 5.53. The lowest BCUT2D eigenvalue weighted by Gasteiger charge is -2.10. The van der Waals surface area contributed by atoms with Gasteiger partial charge in [-0.05, 0) is 43.5 Å². The number of aromatic nitrogens is 1. The maximum Gasteiger partial charge on any atom is 0.219 e. The fourth-order valence-electron chi connectivity index (χ4n) is 1.63. The highest BCUT2D eigenvalue weighted by atomic mass is 16.5. The number of rotatable bonds is 2. The van der Waals surface area contributed by atoms with Crippen molar-refractivity contribution in [2.24, 2.45) is 0 Å². The predicted molar refractivity (Wildman–Crippen MR) is 69.4 cm³/mol. The van der Waals surface area contributed by atoms with Crippen molar-refractivity contribution in [1.82, 2.24) is 4.98 Å². The smallest absolute Gasteiger partial charge is 0.219 e. The van der Waals surface area contributed by atoms with Crippen LogP contribution in [-0.2, 0) is 0 Å². The van der Waals surface area contributed by atoms with Crippen molar-refractivity contribution in [3.63, 3.8) is 0 Å². The molecular formula is C14H16N2O. The van der Waals surface area contributed by atoms with E-state index in [2.05, 4.69) is 4.98 Å². The molecule has 2 rings (SSSR count). The standard InChI is InChI=1S/C14H16N2O/c1-9-4-5-16-14(6-9)17-13-8-12(15)10(2)7-11(13)3/h4-8H,15H2,1-3H3. The molecule has 3 heteroatoms. The number of hydrogen-bond donors (Lipinski definition) is 1. The second kappa shape index (κ2) is 4.45. The molecule has 0 aliphatic heterocycles. The van der Waals surface area contributed by atoms with Gasteiger partial charge in [-0.3, -0.25) is 0 Å². The van der Waals surface area contributed by atoms with Crippen LogP contribution in [0.3, 0.4) is 0 Å². The summed E-state index contributed by atoms with van der Waals surface area (Å²) in [4.78, 5) is 4.17. The normalized spacial score (nSPS) is 10.3. The van der Waals surface area contributed by atoms with Gasteiger partial charge in [0.2, 0.25) is 5.88 Å². The number of ether oxygens (including phenoxy) is 1. The third kappa shape index (κ3) is 2.56. The van der Waals surface area contributed by atoms with E-state index in [1.807, 2.05) is 45.0 Å². The van der Waals surface area contributed by atoms with Crippen LogP contribution in [0.25, 0.3) is 0 Å². The highest BCUT2D eigenvalue weighted by Crippen LogP contribution is 2.28. The molecule has 3 nitrogen and oxygen atoms in total. The average molecular weight is 228 g/mol. The largest absolute Gasteiger partial charge is 0.439 e. The lowest BCUT2D eigenvalue weighted by atomic mass is 10.1. The summed E-state index contributed by atoms with van der Waals surface area (Å²) in [6.45, 7) is 5.99. The van der Waals surface area contributed by atoms with Gasteiger partial charge >= 0.3 is 0 Å². The van der Waals surface area contributed by atoms with E-state index in [4.69, 9.17) is 10.5 Å². The predicted octanol–water partition coefficient (Wildman–Crippen LogP) is 3.38. The van der Waals surface area contributed by atoms with Gasteiger partial charge in [0.05, 0.1) is 0 Å². The van der Waals surface area contributed by atoms with Gasteiger partial charge in [0, 0.05) is 24.0 Å². The Hall–Kier alpha value is -2.03. The van der Waals surface area contributed by atoms with Crippen molar-refractivity contribution < 1.29 is 4.74 Å². The van der Waals surface area contributed by atoms with E-state index < -0.39 is 0 Å². The third-order valence-corrected chi connectivity index (χ3v) is 2.67. The van der Waals surface area contributed by atoms with Crippen LogP contribution in [0.4, 0.5) is 5.69 Å². The van der Waals surface area contributed by atoms with Crippen LogP contribution in [0, 0.1) is 20.8 Å². The number of hydrogen-bond acceptors (Lipinski definition) is 3. The second-order valence-corrected chi connectivity index (χ2v) is 4.25. The molecule has 0 aliphatic rings. The molecule has 0 radical (unpaired) electrons. The van der Waals surface area contributed by atoms with Gasteiger partial charge in [0.1, 0.15) is 5.75 Å². The van der Waals surface area contributed by atoms with Gasteiger partial charge in [-0.2, -0.15) is 0 Å².